The predicted octanol–water partition coefficient (Wildman–Crippen LogP) is 3.01. The minimum Gasteiger partial charge on any atom is -0.412 e. The number of nitrogens with one attached hydrogen (secondary N) is 4. The van der Waals surface area contributed by atoms with Crippen molar-refractivity contribution in [1.82, 2.24) is 21.3 Å². The zero-order valence-electron chi connectivity index (χ0n) is 26.8. The van der Waals surface area contributed by atoms with Gasteiger partial charge in [0, 0.05) is 24.6 Å². The molecule has 0 saturated heterocycles. The first kappa shape index (κ1) is 53.2. The lowest BCUT2D eigenvalue weighted by molar-refractivity contribution is 0.394. The molecular formula is C26H68N4O9P2S2. The maximum absolute atomic E-state index is 10.6. The third kappa shape index (κ3) is 58.8. The van der Waals surface area contributed by atoms with E-state index in [9.17, 15) is 9.13 Å². The van der Waals surface area contributed by atoms with Crippen molar-refractivity contribution in [3.8, 4) is 0 Å². The molecule has 17 heteroatoms. The lowest BCUT2D eigenvalue weighted by Gasteiger charge is -2.07. The molecule has 0 rings (SSSR count). The van der Waals surface area contributed by atoms with Crippen LogP contribution in [0.2, 0.25) is 0 Å². The van der Waals surface area contributed by atoms with E-state index in [-0.39, 0.29) is 16.4 Å². The van der Waals surface area contributed by atoms with E-state index in [0.29, 0.717) is 47.4 Å². The van der Waals surface area contributed by atoms with Crippen molar-refractivity contribution in [2.24, 2.45) is 0 Å². The molecule has 0 atom stereocenters. The molecular weight excluding hydrogens is 638 g/mol. The Hall–Kier alpha value is 0.720. The number of hydrogen-bond acceptors (Lipinski definition) is 8. The second-order valence-corrected chi connectivity index (χ2v) is 17.6. The van der Waals surface area contributed by atoms with E-state index < -0.39 is 13.6 Å². The first-order chi connectivity index (χ1) is 19.1. The molecule has 0 fully saturated rings. The van der Waals surface area contributed by atoms with Crippen LogP contribution < -0.4 is 21.3 Å². The van der Waals surface area contributed by atoms with E-state index in [1.54, 1.807) is 0 Å². The fourth-order valence-electron chi connectivity index (χ4n) is 3.71. The van der Waals surface area contributed by atoms with Gasteiger partial charge in [0.05, 0.1) is 0 Å². The molecule has 0 spiro atoms. The Bertz CT molecular complexity index is 561. The van der Waals surface area contributed by atoms with Crippen LogP contribution in [0.3, 0.4) is 0 Å². The van der Waals surface area contributed by atoms with Crippen molar-refractivity contribution in [3.63, 3.8) is 0 Å². The zero-order chi connectivity index (χ0) is 30.2. The molecule has 0 aromatic carbocycles. The van der Waals surface area contributed by atoms with Gasteiger partial charge in [-0.05, 0) is 87.7 Å². The van der Waals surface area contributed by atoms with Gasteiger partial charge in [-0.15, -0.1) is 0 Å². The summed E-state index contributed by atoms with van der Waals surface area (Å²) in [6.07, 6.45) is 18.0. The van der Waals surface area contributed by atoms with Gasteiger partial charge in [-0.1, -0.05) is 78.1 Å². The fourth-order valence-corrected chi connectivity index (χ4v) is 6.63. The van der Waals surface area contributed by atoms with E-state index in [0.717, 1.165) is 52.1 Å². The highest BCUT2D eigenvalue weighted by Crippen LogP contribution is 2.50. The Morgan fingerprint density at radius 2 is 0.674 bits per heavy atom. The van der Waals surface area contributed by atoms with Crippen LogP contribution in [0.4, 0.5) is 0 Å². The molecule has 0 aromatic heterocycles. The summed E-state index contributed by atoms with van der Waals surface area (Å²) in [5.41, 5.74) is 0. The van der Waals surface area contributed by atoms with E-state index in [4.69, 9.17) is 19.6 Å². The molecule has 0 saturated carbocycles. The summed E-state index contributed by atoms with van der Waals surface area (Å²) in [4.78, 5) is 34.6. The standard InChI is InChI=1S/2C13H31N2O3PS.3H2O/c2*1-2-3-4-5-6-7-9-14-10-8-11-15-12-13-20-19(16,17)18;;;/h2*14-15H,2-13H2,1H3,(H2,16,17,18);3*1H2. The van der Waals surface area contributed by atoms with Crippen molar-refractivity contribution in [1.29, 1.82) is 0 Å². The molecule has 14 N–H and O–H groups in total. The monoisotopic (exact) mass is 706 g/mol. The van der Waals surface area contributed by atoms with Crippen molar-refractivity contribution in [2.45, 2.75) is 104 Å². The second kappa shape index (κ2) is 40.7. The van der Waals surface area contributed by atoms with Crippen molar-refractivity contribution in [3.05, 3.63) is 0 Å². The summed E-state index contributed by atoms with van der Waals surface area (Å²) in [5.74, 6) is 0.908. The molecule has 0 heterocycles. The van der Waals surface area contributed by atoms with E-state index in [2.05, 4.69) is 35.1 Å². The zero-order valence-corrected chi connectivity index (χ0v) is 30.2. The van der Waals surface area contributed by atoms with Gasteiger partial charge in [0.15, 0.2) is 0 Å². The highest BCUT2D eigenvalue weighted by molar-refractivity contribution is 8.54. The average molecular weight is 707 g/mol. The largest absolute Gasteiger partial charge is 0.412 e. The van der Waals surface area contributed by atoms with E-state index in [1.165, 1.54) is 77.0 Å². The third-order valence-electron chi connectivity index (χ3n) is 5.91. The Morgan fingerprint density at radius 3 is 0.977 bits per heavy atom. The Labute approximate surface area is 269 Å². The Balaban J connectivity index is -0.000000209. The summed E-state index contributed by atoms with van der Waals surface area (Å²) in [6.45, 7) is 3.99. The molecule has 0 bridgehead atoms. The molecule has 268 valence electrons. The molecule has 0 unspecified atom stereocenters. The van der Waals surface area contributed by atoms with Gasteiger partial charge in [-0.2, -0.15) is 0 Å². The summed E-state index contributed by atoms with van der Waals surface area (Å²) in [5, 5.41) is 13.2. The maximum Gasteiger partial charge on any atom is 0.384 e. The van der Waals surface area contributed by atoms with Crippen molar-refractivity contribution < 1.29 is 45.1 Å². The molecule has 0 amide bonds. The van der Waals surface area contributed by atoms with Crippen LogP contribution in [0.15, 0.2) is 0 Å². The fraction of sp³-hybridized carbons (Fsp3) is 1.00. The minimum absolute atomic E-state index is 0. The molecule has 0 aliphatic heterocycles. The molecule has 43 heavy (non-hydrogen) atoms. The van der Waals surface area contributed by atoms with Crippen LogP contribution in [0.1, 0.15) is 104 Å². The molecule has 0 aromatic rings. The maximum atomic E-state index is 10.6. The highest BCUT2D eigenvalue weighted by Gasteiger charge is 2.12. The lowest BCUT2D eigenvalue weighted by Crippen LogP contribution is -2.24. The van der Waals surface area contributed by atoms with Crippen molar-refractivity contribution >= 4 is 36.4 Å². The number of hydrogen-bond donors (Lipinski definition) is 8. The van der Waals surface area contributed by atoms with Gasteiger partial charge in [-0.3, -0.25) is 0 Å². The summed E-state index contributed by atoms with van der Waals surface area (Å²) < 4.78 is 21.1. The summed E-state index contributed by atoms with van der Waals surface area (Å²) in [7, 11) is 0. The van der Waals surface area contributed by atoms with Crippen molar-refractivity contribution in [2.75, 3.05) is 63.9 Å². The minimum atomic E-state index is -3.89. The average Bonchev–Trinajstić information content (AvgIpc) is 2.88. The van der Waals surface area contributed by atoms with Gasteiger partial charge in [0.2, 0.25) is 0 Å². The third-order valence-corrected chi connectivity index (χ3v) is 10.5. The van der Waals surface area contributed by atoms with Gasteiger partial charge >= 0.3 is 13.6 Å². The molecule has 0 radical (unpaired) electrons. The van der Waals surface area contributed by atoms with Gasteiger partial charge < -0.3 is 57.3 Å². The SMILES string of the molecule is CCCCCCCCNCCCNCCSP(=O)(O)O.CCCCCCCCNCCCNCCSP(=O)(O)O.O.O.O. The van der Waals surface area contributed by atoms with Crippen LogP contribution in [0, 0.1) is 0 Å². The molecule has 13 nitrogen and oxygen atoms in total. The quantitative estimate of drug-likeness (QED) is 0.0396. The van der Waals surface area contributed by atoms with Crippen LogP contribution in [-0.4, -0.2) is 99.9 Å². The topological polar surface area (TPSA) is 258 Å². The van der Waals surface area contributed by atoms with Crippen LogP contribution >= 0.6 is 36.4 Å². The number of rotatable bonds is 30. The lowest BCUT2D eigenvalue weighted by atomic mass is 10.1. The van der Waals surface area contributed by atoms with Gasteiger partial charge in [0.25, 0.3) is 0 Å². The van der Waals surface area contributed by atoms with Gasteiger partial charge in [0.1, 0.15) is 0 Å². The molecule has 0 aliphatic carbocycles. The van der Waals surface area contributed by atoms with Crippen LogP contribution in [0.5, 0.6) is 0 Å². The normalized spacial score (nSPS) is 11.1. The van der Waals surface area contributed by atoms with E-state index >= 15 is 0 Å². The first-order valence-corrected chi connectivity index (χ1v) is 21.8. The summed E-state index contributed by atoms with van der Waals surface area (Å²) in [6, 6.07) is 0. The highest BCUT2D eigenvalue weighted by atomic mass is 32.7. The summed E-state index contributed by atoms with van der Waals surface area (Å²) >= 11 is 1.41. The number of unbranched alkanes of at least 4 members (excludes halogenated alkanes) is 10. The predicted molar refractivity (Wildman–Crippen MR) is 187 cm³/mol. The van der Waals surface area contributed by atoms with Crippen LogP contribution in [-0.2, 0) is 9.13 Å². The Morgan fingerprint density at radius 1 is 0.419 bits per heavy atom. The smallest absolute Gasteiger partial charge is 0.384 e. The Kier molecular flexibility index (Phi) is 50.4. The molecule has 0 aliphatic rings. The van der Waals surface area contributed by atoms with Gasteiger partial charge in [-0.25, -0.2) is 9.13 Å². The van der Waals surface area contributed by atoms with Crippen LogP contribution in [0.25, 0.3) is 0 Å². The van der Waals surface area contributed by atoms with E-state index in [1.807, 2.05) is 0 Å². The second-order valence-electron chi connectivity index (χ2n) is 9.89. The first-order valence-electron chi connectivity index (χ1n) is 15.4.